The third-order valence-electron chi connectivity index (χ3n) is 1.92. The van der Waals surface area contributed by atoms with E-state index < -0.39 is 11.7 Å². The molecule has 2 heterocycles. The minimum Gasteiger partial charge on any atom is -0.397 e. The van der Waals surface area contributed by atoms with Gasteiger partial charge in [-0.2, -0.15) is 0 Å². The molecule has 0 aliphatic rings. The maximum Gasteiger partial charge on any atom is 0.267 e. The fourth-order valence-electron chi connectivity index (χ4n) is 1.16. The van der Waals surface area contributed by atoms with E-state index in [9.17, 15) is 9.18 Å². The molecule has 0 aromatic carbocycles. The van der Waals surface area contributed by atoms with Gasteiger partial charge in [0.25, 0.3) is 5.91 Å². The molecule has 3 N–H and O–H groups in total. The lowest BCUT2D eigenvalue weighted by atomic mass is 10.3. The minimum absolute atomic E-state index is 0.0906. The molecule has 1 amide bonds. The van der Waals surface area contributed by atoms with Gasteiger partial charge in [-0.15, -0.1) is 11.3 Å². The zero-order valence-electron chi connectivity index (χ0n) is 8.11. The van der Waals surface area contributed by atoms with Crippen LogP contribution < -0.4 is 11.1 Å². The van der Waals surface area contributed by atoms with Gasteiger partial charge in [-0.3, -0.25) is 9.78 Å². The van der Waals surface area contributed by atoms with Crippen molar-refractivity contribution in [2.24, 2.45) is 0 Å². The van der Waals surface area contributed by atoms with Gasteiger partial charge in [0, 0.05) is 6.20 Å². The van der Waals surface area contributed by atoms with Crippen LogP contribution in [0.2, 0.25) is 0 Å². The first kappa shape index (κ1) is 10.6. The Balaban J connectivity index is 2.21. The Morgan fingerprint density at radius 1 is 1.50 bits per heavy atom. The van der Waals surface area contributed by atoms with E-state index in [1.165, 1.54) is 23.6 Å². The molecule has 0 saturated heterocycles. The van der Waals surface area contributed by atoms with Gasteiger partial charge in [0.1, 0.15) is 4.88 Å². The van der Waals surface area contributed by atoms with Crippen LogP contribution in [-0.2, 0) is 0 Å². The van der Waals surface area contributed by atoms with Gasteiger partial charge < -0.3 is 11.1 Å². The highest BCUT2D eigenvalue weighted by atomic mass is 32.1. The van der Waals surface area contributed by atoms with Crippen LogP contribution >= 0.6 is 11.3 Å². The maximum atomic E-state index is 13.2. The first-order chi connectivity index (χ1) is 7.68. The van der Waals surface area contributed by atoms with E-state index >= 15 is 0 Å². The predicted octanol–water partition coefficient (Wildman–Crippen LogP) is 2.12. The number of carbonyl (C=O) groups is 1. The molecular weight excluding hydrogens is 229 g/mol. The molecule has 0 aliphatic heterocycles. The fraction of sp³-hybridized carbons (Fsp3) is 0. The summed E-state index contributed by atoms with van der Waals surface area (Å²) in [7, 11) is 0. The zero-order valence-corrected chi connectivity index (χ0v) is 8.92. The second kappa shape index (κ2) is 4.28. The number of hydrogen-bond donors (Lipinski definition) is 2. The molecule has 4 nitrogen and oxygen atoms in total. The lowest BCUT2D eigenvalue weighted by Gasteiger charge is -2.04. The van der Waals surface area contributed by atoms with Crippen molar-refractivity contribution in [3.05, 3.63) is 40.6 Å². The molecule has 0 aliphatic carbocycles. The summed E-state index contributed by atoms with van der Waals surface area (Å²) in [5, 5.41) is 4.13. The van der Waals surface area contributed by atoms with Gasteiger partial charge in [-0.25, -0.2) is 4.39 Å². The van der Waals surface area contributed by atoms with Gasteiger partial charge >= 0.3 is 0 Å². The van der Waals surface area contributed by atoms with E-state index in [0.29, 0.717) is 10.6 Å². The highest BCUT2D eigenvalue weighted by Crippen LogP contribution is 2.21. The van der Waals surface area contributed by atoms with E-state index in [2.05, 4.69) is 10.3 Å². The van der Waals surface area contributed by atoms with Gasteiger partial charge in [-0.05, 0) is 17.5 Å². The highest BCUT2D eigenvalue weighted by Gasteiger charge is 2.12. The number of nitrogen functional groups attached to an aromatic ring is 1. The molecule has 16 heavy (non-hydrogen) atoms. The summed E-state index contributed by atoms with van der Waals surface area (Å²) in [6.45, 7) is 0. The fourth-order valence-corrected chi connectivity index (χ4v) is 1.87. The average molecular weight is 237 g/mol. The second-order valence-electron chi connectivity index (χ2n) is 3.01. The monoisotopic (exact) mass is 237 g/mol. The molecule has 0 fully saturated rings. The Labute approximate surface area is 94.9 Å². The summed E-state index contributed by atoms with van der Waals surface area (Å²) in [5.41, 5.74) is 6.05. The Bertz CT molecular complexity index is 526. The number of anilines is 2. The van der Waals surface area contributed by atoms with Crippen molar-refractivity contribution in [2.75, 3.05) is 11.1 Å². The number of aromatic nitrogens is 1. The van der Waals surface area contributed by atoms with Crippen LogP contribution in [0.4, 0.5) is 15.8 Å². The first-order valence-corrected chi connectivity index (χ1v) is 5.30. The Morgan fingerprint density at radius 3 is 2.94 bits per heavy atom. The molecule has 0 atom stereocenters. The quantitative estimate of drug-likeness (QED) is 0.840. The molecule has 2 aromatic rings. The maximum absolute atomic E-state index is 13.2. The molecule has 0 saturated carbocycles. The number of pyridine rings is 1. The van der Waals surface area contributed by atoms with E-state index in [-0.39, 0.29) is 5.69 Å². The molecule has 82 valence electrons. The standard InChI is InChI=1S/C10H8FN3OS/c11-6-5-13-3-1-8(6)14-10(15)9-7(12)2-4-16-9/h1-5H,12H2,(H,13,14,15). The third kappa shape index (κ3) is 2.01. The number of thiophene rings is 1. The summed E-state index contributed by atoms with van der Waals surface area (Å²) in [5.74, 6) is -0.997. The lowest BCUT2D eigenvalue weighted by Crippen LogP contribution is -2.13. The Hall–Kier alpha value is -1.95. The highest BCUT2D eigenvalue weighted by molar-refractivity contribution is 7.12. The van der Waals surface area contributed by atoms with Gasteiger partial charge in [0.2, 0.25) is 0 Å². The number of halogens is 1. The van der Waals surface area contributed by atoms with Crippen LogP contribution in [0.15, 0.2) is 29.9 Å². The van der Waals surface area contributed by atoms with E-state index in [4.69, 9.17) is 5.73 Å². The second-order valence-corrected chi connectivity index (χ2v) is 3.93. The summed E-state index contributed by atoms with van der Waals surface area (Å²) in [6.07, 6.45) is 2.43. The van der Waals surface area contributed by atoms with Gasteiger partial charge in [-0.1, -0.05) is 0 Å². The topological polar surface area (TPSA) is 68.0 Å². The molecule has 2 rings (SSSR count). The summed E-state index contributed by atoms with van der Waals surface area (Å²) < 4.78 is 13.2. The summed E-state index contributed by atoms with van der Waals surface area (Å²) in [6, 6.07) is 3.01. The van der Waals surface area contributed by atoms with E-state index in [1.807, 2.05) is 0 Å². The molecule has 0 radical (unpaired) electrons. The Kier molecular flexibility index (Phi) is 2.82. The number of carbonyl (C=O) groups excluding carboxylic acids is 1. The van der Waals surface area contributed by atoms with E-state index in [1.54, 1.807) is 11.4 Å². The van der Waals surface area contributed by atoms with Crippen LogP contribution in [0, 0.1) is 5.82 Å². The summed E-state index contributed by atoms with van der Waals surface area (Å²) >= 11 is 1.21. The number of amides is 1. The molecule has 6 heteroatoms. The number of rotatable bonds is 2. The number of hydrogen-bond acceptors (Lipinski definition) is 4. The average Bonchev–Trinajstić information content (AvgIpc) is 2.68. The van der Waals surface area contributed by atoms with Crippen molar-refractivity contribution in [3.8, 4) is 0 Å². The van der Waals surface area contributed by atoms with Crippen molar-refractivity contribution in [1.29, 1.82) is 0 Å². The normalized spacial score (nSPS) is 10.1. The number of nitrogens with two attached hydrogens (primary N) is 1. The van der Waals surface area contributed by atoms with Gasteiger partial charge in [0.15, 0.2) is 5.82 Å². The van der Waals surface area contributed by atoms with Crippen LogP contribution in [0.3, 0.4) is 0 Å². The number of nitrogens with zero attached hydrogens (tertiary/aromatic N) is 1. The number of nitrogens with one attached hydrogen (secondary N) is 1. The van der Waals surface area contributed by atoms with Gasteiger partial charge in [0.05, 0.1) is 17.6 Å². The van der Waals surface area contributed by atoms with E-state index in [0.717, 1.165) is 6.20 Å². The lowest BCUT2D eigenvalue weighted by molar-refractivity contribution is 0.103. The molecule has 0 spiro atoms. The Morgan fingerprint density at radius 2 is 2.31 bits per heavy atom. The summed E-state index contributed by atoms with van der Waals surface area (Å²) in [4.78, 5) is 15.6. The first-order valence-electron chi connectivity index (χ1n) is 4.42. The van der Waals surface area contributed by atoms with Crippen molar-refractivity contribution >= 4 is 28.6 Å². The predicted molar refractivity (Wildman–Crippen MR) is 60.9 cm³/mol. The van der Waals surface area contributed by atoms with Crippen molar-refractivity contribution in [2.45, 2.75) is 0 Å². The SMILES string of the molecule is Nc1ccsc1C(=O)Nc1ccncc1F. The van der Waals surface area contributed by atoms with Crippen LogP contribution in [0.1, 0.15) is 9.67 Å². The van der Waals surface area contributed by atoms with Crippen molar-refractivity contribution < 1.29 is 9.18 Å². The molecule has 0 bridgehead atoms. The molecule has 0 unspecified atom stereocenters. The van der Waals surface area contributed by atoms with Crippen molar-refractivity contribution in [1.82, 2.24) is 4.98 Å². The molecular formula is C10H8FN3OS. The van der Waals surface area contributed by atoms with Crippen molar-refractivity contribution in [3.63, 3.8) is 0 Å². The smallest absolute Gasteiger partial charge is 0.267 e. The zero-order chi connectivity index (χ0) is 11.5. The van der Waals surface area contributed by atoms with Crippen LogP contribution in [0.5, 0.6) is 0 Å². The largest absolute Gasteiger partial charge is 0.397 e. The minimum atomic E-state index is -0.578. The molecule has 2 aromatic heterocycles. The van der Waals surface area contributed by atoms with Crippen LogP contribution in [0.25, 0.3) is 0 Å². The van der Waals surface area contributed by atoms with Crippen LogP contribution in [-0.4, -0.2) is 10.9 Å². The third-order valence-corrected chi connectivity index (χ3v) is 2.85.